The number of carbonyl (C=O) groups is 2. The van der Waals surface area contributed by atoms with Gasteiger partial charge in [-0.2, -0.15) is 0 Å². The number of piperazine rings is 1. The summed E-state index contributed by atoms with van der Waals surface area (Å²) in [5.74, 6) is 0.0645. The van der Waals surface area contributed by atoms with E-state index in [1.807, 2.05) is 29.2 Å². The van der Waals surface area contributed by atoms with Gasteiger partial charge in [-0.3, -0.25) is 9.59 Å². The number of benzene rings is 1. The zero-order valence-corrected chi connectivity index (χ0v) is 14.2. The normalized spacial score (nSPS) is 29.4. The zero-order chi connectivity index (χ0) is 16.7. The van der Waals surface area contributed by atoms with Gasteiger partial charge in [0.15, 0.2) is 0 Å². The lowest BCUT2D eigenvalue weighted by Gasteiger charge is -2.36. The van der Waals surface area contributed by atoms with Crippen LogP contribution in [-0.2, 0) is 20.9 Å². The third kappa shape index (κ3) is 3.03. The van der Waals surface area contributed by atoms with Gasteiger partial charge >= 0.3 is 0 Å². The molecule has 0 N–H and O–H groups in total. The minimum Gasteiger partial charge on any atom is -0.374 e. The van der Waals surface area contributed by atoms with E-state index in [1.165, 1.54) is 0 Å². The Morgan fingerprint density at radius 3 is 2.62 bits per heavy atom. The lowest BCUT2D eigenvalue weighted by molar-refractivity contribution is -0.148. The van der Waals surface area contributed by atoms with Gasteiger partial charge in [0.1, 0.15) is 0 Å². The number of ether oxygens (including phenoxy) is 1. The fourth-order valence-electron chi connectivity index (χ4n) is 4.01. The second-order valence-electron chi connectivity index (χ2n) is 6.92. The molecule has 1 aromatic rings. The minimum atomic E-state index is -0.0423. The molecule has 4 rings (SSSR count). The van der Waals surface area contributed by atoms with Gasteiger partial charge in [-0.1, -0.05) is 23.7 Å². The summed E-state index contributed by atoms with van der Waals surface area (Å²) in [7, 11) is 0. The van der Waals surface area contributed by atoms with E-state index in [0.717, 1.165) is 24.8 Å². The molecule has 128 valence electrons. The maximum absolute atomic E-state index is 12.7. The second-order valence-corrected chi connectivity index (χ2v) is 7.35. The van der Waals surface area contributed by atoms with Crippen LogP contribution in [0.15, 0.2) is 24.3 Å². The van der Waals surface area contributed by atoms with E-state index in [1.54, 1.807) is 4.90 Å². The fraction of sp³-hybridized carbons (Fsp3) is 0.556. The van der Waals surface area contributed by atoms with Gasteiger partial charge in [0, 0.05) is 24.7 Å². The summed E-state index contributed by atoms with van der Waals surface area (Å²) in [6, 6.07) is 7.52. The topological polar surface area (TPSA) is 49.9 Å². The molecule has 5 nitrogen and oxygen atoms in total. The van der Waals surface area contributed by atoms with E-state index < -0.39 is 0 Å². The van der Waals surface area contributed by atoms with Crippen LogP contribution in [0.25, 0.3) is 0 Å². The number of amides is 2. The molecule has 2 amide bonds. The van der Waals surface area contributed by atoms with Crippen LogP contribution in [0.3, 0.4) is 0 Å². The molecule has 0 aliphatic carbocycles. The molecule has 3 aliphatic heterocycles. The Kier molecular flexibility index (Phi) is 4.22. The van der Waals surface area contributed by atoms with Crippen LogP contribution in [0, 0.1) is 5.92 Å². The predicted molar refractivity (Wildman–Crippen MR) is 89.5 cm³/mol. The number of nitrogens with zero attached hydrogens (tertiary/aromatic N) is 2. The van der Waals surface area contributed by atoms with Crippen LogP contribution in [0.2, 0.25) is 5.02 Å². The highest BCUT2D eigenvalue weighted by Gasteiger charge is 2.46. The third-order valence-electron chi connectivity index (χ3n) is 5.34. The molecule has 3 aliphatic rings. The van der Waals surface area contributed by atoms with E-state index in [-0.39, 0.29) is 36.5 Å². The van der Waals surface area contributed by atoms with Gasteiger partial charge in [0.05, 0.1) is 24.7 Å². The van der Waals surface area contributed by atoms with Gasteiger partial charge in [0.25, 0.3) is 0 Å². The maximum Gasteiger partial charge on any atom is 0.242 e. The first-order chi connectivity index (χ1) is 11.6. The second kappa shape index (κ2) is 6.37. The third-order valence-corrected chi connectivity index (χ3v) is 5.59. The largest absolute Gasteiger partial charge is 0.374 e. The Labute approximate surface area is 146 Å². The molecule has 3 atom stereocenters. The molecule has 3 saturated heterocycles. The van der Waals surface area contributed by atoms with Gasteiger partial charge < -0.3 is 14.5 Å². The molecule has 24 heavy (non-hydrogen) atoms. The number of halogens is 1. The molecule has 3 heterocycles. The van der Waals surface area contributed by atoms with Crippen molar-refractivity contribution < 1.29 is 14.3 Å². The molecule has 0 saturated carbocycles. The van der Waals surface area contributed by atoms with Gasteiger partial charge in [-0.25, -0.2) is 0 Å². The van der Waals surface area contributed by atoms with Crippen molar-refractivity contribution in [2.45, 2.75) is 38.0 Å². The summed E-state index contributed by atoms with van der Waals surface area (Å²) in [6.07, 6.45) is 3.20. The van der Waals surface area contributed by atoms with Crippen LogP contribution in [0.4, 0.5) is 0 Å². The van der Waals surface area contributed by atoms with E-state index in [9.17, 15) is 9.59 Å². The van der Waals surface area contributed by atoms with Crippen LogP contribution < -0.4 is 0 Å². The minimum absolute atomic E-state index is 0.00799. The quantitative estimate of drug-likeness (QED) is 0.840. The monoisotopic (exact) mass is 348 g/mol. The lowest BCUT2D eigenvalue weighted by atomic mass is 9.88. The number of carbonyl (C=O) groups excluding carboxylic acids is 2. The smallest absolute Gasteiger partial charge is 0.242 e. The van der Waals surface area contributed by atoms with E-state index in [2.05, 4.69) is 0 Å². The molecule has 0 aromatic heterocycles. The van der Waals surface area contributed by atoms with Crippen LogP contribution in [0.1, 0.15) is 24.8 Å². The van der Waals surface area contributed by atoms with Gasteiger partial charge in [-0.15, -0.1) is 0 Å². The van der Waals surface area contributed by atoms with Crippen molar-refractivity contribution in [2.24, 2.45) is 5.92 Å². The number of rotatable bonds is 3. The number of hydrogen-bond donors (Lipinski definition) is 0. The van der Waals surface area contributed by atoms with Crippen LogP contribution in [-0.4, -0.2) is 53.5 Å². The number of hydrogen-bond acceptors (Lipinski definition) is 3. The zero-order valence-electron chi connectivity index (χ0n) is 13.5. The number of fused-ring (bicyclic) bond motifs is 2. The Hall–Kier alpha value is -1.59. The molecule has 6 heteroatoms. The van der Waals surface area contributed by atoms with Crippen LogP contribution >= 0.6 is 11.6 Å². The van der Waals surface area contributed by atoms with Gasteiger partial charge in [-0.05, 0) is 37.0 Å². The van der Waals surface area contributed by atoms with Crippen molar-refractivity contribution >= 4 is 23.4 Å². The SMILES string of the molecule is O=C1CN(C(=O)[C@H]2C[C@H]3CC[C@H]2O3)CCN1Cc1ccc(Cl)cc1. The Morgan fingerprint density at radius 2 is 2.00 bits per heavy atom. The van der Waals surface area contributed by atoms with Crippen molar-refractivity contribution in [1.82, 2.24) is 9.80 Å². The summed E-state index contributed by atoms with van der Waals surface area (Å²) in [4.78, 5) is 28.7. The highest BCUT2D eigenvalue weighted by molar-refractivity contribution is 6.30. The van der Waals surface area contributed by atoms with E-state index in [4.69, 9.17) is 16.3 Å². The van der Waals surface area contributed by atoms with Crippen molar-refractivity contribution in [3.8, 4) is 0 Å². The van der Waals surface area contributed by atoms with Crippen molar-refractivity contribution in [3.05, 3.63) is 34.9 Å². The standard InChI is InChI=1S/C18H21ClN2O3/c19-13-3-1-12(2-4-13)10-20-7-8-21(11-17(20)22)18(23)15-9-14-5-6-16(15)24-14/h1-4,14-16H,5-11H2/t14-,15+,16-/m1/s1. The molecule has 0 spiro atoms. The highest BCUT2D eigenvalue weighted by Crippen LogP contribution is 2.39. The summed E-state index contributed by atoms with van der Waals surface area (Å²) >= 11 is 5.89. The molecule has 0 unspecified atom stereocenters. The van der Waals surface area contributed by atoms with Crippen molar-refractivity contribution in [3.63, 3.8) is 0 Å². The molecule has 1 aromatic carbocycles. The Bertz CT molecular complexity index is 648. The highest BCUT2D eigenvalue weighted by atomic mass is 35.5. The fourth-order valence-corrected chi connectivity index (χ4v) is 4.13. The van der Waals surface area contributed by atoms with Crippen molar-refractivity contribution in [1.29, 1.82) is 0 Å². The molecule has 3 fully saturated rings. The summed E-state index contributed by atoms with van der Waals surface area (Å²) in [5, 5.41) is 0.688. The van der Waals surface area contributed by atoms with Gasteiger partial charge in [0.2, 0.25) is 11.8 Å². The maximum atomic E-state index is 12.7. The first-order valence-corrected chi connectivity index (χ1v) is 8.94. The Morgan fingerprint density at radius 1 is 1.21 bits per heavy atom. The molecular formula is C18H21ClN2O3. The summed E-state index contributed by atoms with van der Waals surface area (Å²) in [5.41, 5.74) is 1.05. The van der Waals surface area contributed by atoms with E-state index in [0.29, 0.717) is 24.7 Å². The Balaban J connectivity index is 1.35. The first kappa shape index (κ1) is 15.9. The molecule has 2 bridgehead atoms. The predicted octanol–water partition coefficient (Wildman–Crippen LogP) is 2.08. The summed E-state index contributed by atoms with van der Waals surface area (Å²) in [6.45, 7) is 1.93. The van der Waals surface area contributed by atoms with Crippen LogP contribution in [0.5, 0.6) is 0 Å². The summed E-state index contributed by atoms with van der Waals surface area (Å²) < 4.78 is 5.78. The average Bonchev–Trinajstić information content (AvgIpc) is 3.21. The lowest BCUT2D eigenvalue weighted by Crippen LogP contribution is -2.54. The molecular weight excluding hydrogens is 328 g/mol. The first-order valence-electron chi connectivity index (χ1n) is 8.56. The average molecular weight is 349 g/mol. The van der Waals surface area contributed by atoms with Crippen molar-refractivity contribution in [2.75, 3.05) is 19.6 Å². The molecule has 0 radical (unpaired) electrons. The van der Waals surface area contributed by atoms with E-state index >= 15 is 0 Å².